The molecule has 5 nitrogen and oxygen atoms in total. The van der Waals surface area contributed by atoms with Gasteiger partial charge in [-0.05, 0) is 25.8 Å². The molecule has 2 aromatic heterocycles. The summed E-state index contributed by atoms with van der Waals surface area (Å²) in [7, 11) is 0. The molecular formula is C16H24N4O. The zero-order valence-electron chi connectivity index (χ0n) is 12.6. The lowest BCUT2D eigenvalue weighted by molar-refractivity contribution is 0.0758. The Morgan fingerprint density at radius 1 is 1.33 bits per heavy atom. The second kappa shape index (κ2) is 6.54. The normalized spacial score (nSPS) is 18.4. The predicted molar refractivity (Wildman–Crippen MR) is 82.0 cm³/mol. The number of imidazole rings is 1. The van der Waals surface area contributed by atoms with Gasteiger partial charge in [-0.15, -0.1) is 0 Å². The second-order valence-electron chi connectivity index (χ2n) is 6.11. The van der Waals surface area contributed by atoms with E-state index in [1.807, 2.05) is 29.8 Å². The van der Waals surface area contributed by atoms with Crippen molar-refractivity contribution >= 4 is 5.78 Å². The van der Waals surface area contributed by atoms with Crippen LogP contribution in [-0.2, 0) is 6.54 Å². The molecule has 1 aliphatic carbocycles. The lowest BCUT2D eigenvalue weighted by atomic mass is 9.94. The van der Waals surface area contributed by atoms with E-state index < -0.39 is 0 Å². The minimum absolute atomic E-state index is 0.302. The first-order chi connectivity index (χ1) is 10.2. The highest BCUT2D eigenvalue weighted by Crippen LogP contribution is 2.24. The van der Waals surface area contributed by atoms with Crippen molar-refractivity contribution in [2.75, 3.05) is 6.54 Å². The zero-order chi connectivity index (χ0) is 14.7. The Morgan fingerprint density at radius 3 is 2.90 bits per heavy atom. The number of hydrogen-bond acceptors (Lipinski definition) is 4. The third-order valence-corrected chi connectivity index (χ3v) is 4.32. The summed E-state index contributed by atoms with van der Waals surface area (Å²) in [6.45, 7) is 3.41. The van der Waals surface area contributed by atoms with Gasteiger partial charge < -0.3 is 5.11 Å². The third kappa shape index (κ3) is 3.41. The fraction of sp³-hybridized carbons (Fsp3) is 0.625. The average Bonchev–Trinajstić information content (AvgIpc) is 2.90. The van der Waals surface area contributed by atoms with Gasteiger partial charge in [-0.25, -0.2) is 9.97 Å². The molecule has 0 saturated heterocycles. The van der Waals surface area contributed by atoms with Crippen LogP contribution in [0.2, 0.25) is 0 Å². The van der Waals surface area contributed by atoms with Gasteiger partial charge in [0.1, 0.15) is 0 Å². The van der Waals surface area contributed by atoms with Crippen molar-refractivity contribution in [2.24, 2.45) is 0 Å². The topological polar surface area (TPSA) is 53.7 Å². The van der Waals surface area contributed by atoms with E-state index in [4.69, 9.17) is 0 Å². The van der Waals surface area contributed by atoms with Crippen LogP contribution in [0.3, 0.4) is 0 Å². The van der Waals surface area contributed by atoms with E-state index in [0.29, 0.717) is 6.04 Å². The van der Waals surface area contributed by atoms with Gasteiger partial charge in [0.15, 0.2) is 0 Å². The van der Waals surface area contributed by atoms with E-state index in [9.17, 15) is 5.11 Å². The lowest BCUT2D eigenvalue weighted by Crippen LogP contribution is -2.40. The number of fused-ring (bicyclic) bond motifs is 1. The molecule has 2 heterocycles. The summed E-state index contributed by atoms with van der Waals surface area (Å²) in [6.07, 6.45) is 11.8. The number of aliphatic hydroxyl groups excluding tert-OH is 1. The molecule has 0 aliphatic heterocycles. The largest absolute Gasteiger partial charge is 0.392 e. The molecule has 1 fully saturated rings. The molecule has 0 bridgehead atoms. The van der Waals surface area contributed by atoms with Crippen LogP contribution in [-0.4, -0.2) is 43.1 Å². The molecule has 21 heavy (non-hydrogen) atoms. The second-order valence-corrected chi connectivity index (χ2v) is 6.11. The summed E-state index contributed by atoms with van der Waals surface area (Å²) in [5, 5.41) is 9.82. The van der Waals surface area contributed by atoms with E-state index in [0.717, 1.165) is 24.6 Å². The molecule has 2 aromatic rings. The summed E-state index contributed by atoms with van der Waals surface area (Å²) in [4.78, 5) is 11.0. The first-order valence-electron chi connectivity index (χ1n) is 7.93. The van der Waals surface area contributed by atoms with Gasteiger partial charge in [-0.3, -0.25) is 9.30 Å². The summed E-state index contributed by atoms with van der Waals surface area (Å²) in [5.41, 5.74) is 1.14. The smallest absolute Gasteiger partial charge is 0.233 e. The molecule has 1 aliphatic rings. The highest BCUT2D eigenvalue weighted by molar-refractivity contribution is 5.30. The molecule has 1 atom stereocenters. The summed E-state index contributed by atoms with van der Waals surface area (Å²) < 4.78 is 2.04. The van der Waals surface area contributed by atoms with Crippen molar-refractivity contribution < 1.29 is 5.11 Å². The maximum absolute atomic E-state index is 9.82. The van der Waals surface area contributed by atoms with Crippen LogP contribution in [0.25, 0.3) is 5.78 Å². The fourth-order valence-electron chi connectivity index (χ4n) is 3.33. The molecule has 1 N–H and O–H groups in total. The molecule has 0 spiro atoms. The molecule has 5 heteroatoms. The van der Waals surface area contributed by atoms with E-state index in [1.54, 1.807) is 6.20 Å². The van der Waals surface area contributed by atoms with Crippen molar-refractivity contribution in [2.45, 2.75) is 57.7 Å². The van der Waals surface area contributed by atoms with Crippen LogP contribution in [0.5, 0.6) is 0 Å². The zero-order valence-corrected chi connectivity index (χ0v) is 12.6. The molecule has 0 amide bonds. The van der Waals surface area contributed by atoms with Crippen LogP contribution in [0.15, 0.2) is 24.7 Å². The summed E-state index contributed by atoms with van der Waals surface area (Å²) in [5.74, 6) is 0.744. The Labute approximate surface area is 125 Å². The molecule has 0 aromatic carbocycles. The first kappa shape index (κ1) is 14.5. The Bertz CT molecular complexity index is 574. The molecule has 1 saturated carbocycles. The molecule has 3 rings (SSSR count). The van der Waals surface area contributed by atoms with Crippen molar-refractivity contribution in [3.63, 3.8) is 0 Å². The quantitative estimate of drug-likeness (QED) is 0.917. The molecule has 1 unspecified atom stereocenters. The van der Waals surface area contributed by atoms with Crippen LogP contribution < -0.4 is 0 Å². The highest BCUT2D eigenvalue weighted by atomic mass is 16.3. The number of rotatable bonds is 5. The van der Waals surface area contributed by atoms with Crippen molar-refractivity contribution in [3.8, 4) is 0 Å². The van der Waals surface area contributed by atoms with Gasteiger partial charge in [0.05, 0.1) is 18.0 Å². The van der Waals surface area contributed by atoms with Gasteiger partial charge in [0, 0.05) is 31.5 Å². The van der Waals surface area contributed by atoms with E-state index in [-0.39, 0.29) is 6.10 Å². The van der Waals surface area contributed by atoms with Crippen LogP contribution in [0.1, 0.15) is 44.7 Å². The van der Waals surface area contributed by atoms with Gasteiger partial charge >= 0.3 is 0 Å². The Kier molecular flexibility index (Phi) is 4.51. The fourth-order valence-corrected chi connectivity index (χ4v) is 3.33. The average molecular weight is 288 g/mol. The van der Waals surface area contributed by atoms with Crippen molar-refractivity contribution in [3.05, 3.63) is 30.4 Å². The monoisotopic (exact) mass is 288 g/mol. The van der Waals surface area contributed by atoms with Gasteiger partial charge in [0.2, 0.25) is 5.78 Å². The number of nitrogens with zero attached hydrogens (tertiary/aromatic N) is 4. The van der Waals surface area contributed by atoms with Crippen molar-refractivity contribution in [1.82, 2.24) is 19.3 Å². The Hall–Kier alpha value is -1.46. The van der Waals surface area contributed by atoms with Gasteiger partial charge in [-0.2, -0.15) is 0 Å². The SMILES string of the molecule is CC(O)CN(Cc1cnc2ncccn12)C1CCCCC1. The minimum Gasteiger partial charge on any atom is -0.392 e. The van der Waals surface area contributed by atoms with E-state index in [2.05, 4.69) is 14.9 Å². The molecule has 114 valence electrons. The predicted octanol–water partition coefficient (Wildman–Crippen LogP) is 2.24. The first-order valence-corrected chi connectivity index (χ1v) is 7.93. The van der Waals surface area contributed by atoms with Crippen LogP contribution in [0.4, 0.5) is 0 Å². The number of aromatic nitrogens is 3. The number of hydrogen-bond donors (Lipinski definition) is 1. The maximum atomic E-state index is 9.82. The Balaban J connectivity index is 1.79. The van der Waals surface area contributed by atoms with Gasteiger partial charge in [0.25, 0.3) is 0 Å². The minimum atomic E-state index is -0.302. The summed E-state index contributed by atoms with van der Waals surface area (Å²) >= 11 is 0. The Morgan fingerprint density at radius 2 is 2.14 bits per heavy atom. The summed E-state index contributed by atoms with van der Waals surface area (Å²) in [6, 6.07) is 2.51. The van der Waals surface area contributed by atoms with Crippen molar-refractivity contribution in [1.29, 1.82) is 0 Å². The van der Waals surface area contributed by atoms with Crippen LogP contribution >= 0.6 is 0 Å². The number of aliphatic hydroxyl groups is 1. The maximum Gasteiger partial charge on any atom is 0.233 e. The third-order valence-electron chi connectivity index (χ3n) is 4.32. The van der Waals surface area contributed by atoms with Crippen LogP contribution in [0, 0.1) is 0 Å². The van der Waals surface area contributed by atoms with E-state index in [1.165, 1.54) is 32.1 Å². The van der Waals surface area contributed by atoms with Gasteiger partial charge in [-0.1, -0.05) is 19.3 Å². The lowest BCUT2D eigenvalue weighted by Gasteiger charge is -2.34. The standard InChI is InChI=1S/C16H24N4O/c1-13(21)11-19(14-6-3-2-4-7-14)12-15-10-18-16-17-8-5-9-20(15)16/h5,8-10,13-14,21H,2-4,6-7,11-12H2,1H3. The molecule has 0 radical (unpaired) electrons. The highest BCUT2D eigenvalue weighted by Gasteiger charge is 2.23. The molecular weight excluding hydrogens is 264 g/mol. The van der Waals surface area contributed by atoms with E-state index >= 15 is 0 Å².